The van der Waals surface area contributed by atoms with Crippen molar-refractivity contribution in [3.63, 3.8) is 0 Å². The highest BCUT2D eigenvalue weighted by Gasteiger charge is 2.19. The maximum absolute atomic E-state index is 14.4. The van der Waals surface area contributed by atoms with E-state index in [2.05, 4.69) is 43.9 Å². The van der Waals surface area contributed by atoms with Crippen LogP contribution in [0.4, 0.5) is 20.5 Å². The molecule has 174 valence electrons. The third-order valence-electron chi connectivity index (χ3n) is 6.23. The second-order valence-corrected chi connectivity index (χ2v) is 8.87. The fraction of sp³-hybridized carbons (Fsp3) is 0.400. The van der Waals surface area contributed by atoms with Gasteiger partial charge in [-0.3, -0.25) is 9.80 Å². The second kappa shape index (κ2) is 9.89. The zero-order valence-corrected chi connectivity index (χ0v) is 19.6. The van der Waals surface area contributed by atoms with E-state index in [1.54, 1.807) is 19.9 Å². The largest absolute Gasteiger partial charge is 0.309 e. The first-order valence-electron chi connectivity index (χ1n) is 11.3. The van der Waals surface area contributed by atoms with E-state index >= 15 is 0 Å². The van der Waals surface area contributed by atoms with Crippen molar-refractivity contribution in [2.24, 2.45) is 0 Å². The van der Waals surface area contributed by atoms with Crippen molar-refractivity contribution in [1.82, 2.24) is 24.8 Å². The van der Waals surface area contributed by atoms with Crippen molar-refractivity contribution in [1.29, 1.82) is 0 Å². The summed E-state index contributed by atoms with van der Waals surface area (Å²) < 4.78 is 28.6. The molecule has 1 fully saturated rings. The van der Waals surface area contributed by atoms with E-state index < -0.39 is 5.82 Å². The second-order valence-electron chi connectivity index (χ2n) is 8.87. The van der Waals surface area contributed by atoms with E-state index in [1.165, 1.54) is 6.07 Å². The first kappa shape index (κ1) is 23.2. The number of aromatic nitrogens is 3. The van der Waals surface area contributed by atoms with Crippen LogP contribution in [0, 0.1) is 25.5 Å². The minimum absolute atomic E-state index is 0.0478. The third-order valence-corrected chi connectivity index (χ3v) is 6.23. The van der Waals surface area contributed by atoms with Gasteiger partial charge in [-0.2, -0.15) is 0 Å². The topological polar surface area (TPSA) is 57.2 Å². The van der Waals surface area contributed by atoms with Crippen molar-refractivity contribution in [2.45, 2.75) is 40.3 Å². The lowest BCUT2D eigenvalue weighted by Gasteiger charge is -2.36. The predicted octanol–water partition coefficient (Wildman–Crippen LogP) is 4.70. The Morgan fingerprint density at radius 3 is 2.36 bits per heavy atom. The number of nitrogens with one attached hydrogen (secondary N) is 1. The average molecular weight is 453 g/mol. The number of rotatable bonds is 6. The van der Waals surface area contributed by atoms with Crippen LogP contribution in [0.15, 0.2) is 36.7 Å². The Labute approximate surface area is 193 Å². The van der Waals surface area contributed by atoms with Gasteiger partial charge < -0.3 is 5.32 Å². The molecular formula is C25H30F2N6. The summed E-state index contributed by atoms with van der Waals surface area (Å²) in [7, 11) is 0. The average Bonchev–Trinajstić information content (AvgIpc) is 2.80. The molecule has 1 aromatic carbocycles. The monoisotopic (exact) mass is 452 g/mol. The molecule has 1 aliphatic rings. The number of benzene rings is 1. The smallest absolute Gasteiger partial charge is 0.229 e. The first-order valence-corrected chi connectivity index (χ1v) is 11.3. The van der Waals surface area contributed by atoms with Crippen LogP contribution in [0.2, 0.25) is 0 Å². The molecule has 3 heterocycles. The number of hydrogen-bond acceptors (Lipinski definition) is 6. The van der Waals surface area contributed by atoms with Gasteiger partial charge in [0.15, 0.2) is 5.82 Å². The van der Waals surface area contributed by atoms with Gasteiger partial charge in [0.1, 0.15) is 17.3 Å². The molecule has 0 amide bonds. The Morgan fingerprint density at radius 2 is 1.73 bits per heavy atom. The van der Waals surface area contributed by atoms with Crippen molar-refractivity contribution in [3.8, 4) is 11.3 Å². The fourth-order valence-electron chi connectivity index (χ4n) is 3.99. The number of halogens is 2. The van der Waals surface area contributed by atoms with Crippen LogP contribution in [-0.4, -0.2) is 57.0 Å². The summed E-state index contributed by atoms with van der Waals surface area (Å²) in [5, 5.41) is 3.02. The number of hydrogen-bond donors (Lipinski definition) is 1. The Bertz CT molecular complexity index is 1090. The van der Waals surface area contributed by atoms with Crippen LogP contribution in [-0.2, 0) is 6.54 Å². The van der Waals surface area contributed by atoms with Gasteiger partial charge in [-0.05, 0) is 62.6 Å². The first-order chi connectivity index (χ1) is 15.8. The molecule has 0 unspecified atom stereocenters. The van der Waals surface area contributed by atoms with E-state index in [-0.39, 0.29) is 17.5 Å². The molecule has 8 heteroatoms. The van der Waals surface area contributed by atoms with Crippen LogP contribution in [0.1, 0.15) is 30.5 Å². The van der Waals surface area contributed by atoms with Crippen molar-refractivity contribution in [3.05, 3.63) is 65.0 Å². The zero-order valence-electron chi connectivity index (χ0n) is 19.6. The molecule has 0 bridgehead atoms. The number of aryl methyl sites for hydroxylation is 1. The van der Waals surface area contributed by atoms with Crippen molar-refractivity contribution < 1.29 is 8.78 Å². The Balaban J connectivity index is 1.43. The molecular weight excluding hydrogens is 422 g/mol. The summed E-state index contributed by atoms with van der Waals surface area (Å²) >= 11 is 0. The zero-order chi connectivity index (χ0) is 23.5. The van der Waals surface area contributed by atoms with Crippen LogP contribution >= 0.6 is 0 Å². The lowest BCUT2D eigenvalue weighted by molar-refractivity contribution is 0.104. The fourth-order valence-corrected chi connectivity index (χ4v) is 3.99. The summed E-state index contributed by atoms with van der Waals surface area (Å²) in [6, 6.07) is 7.49. The van der Waals surface area contributed by atoms with Crippen LogP contribution in [0.3, 0.4) is 0 Å². The Kier molecular flexibility index (Phi) is 6.95. The molecule has 0 spiro atoms. The molecule has 0 atom stereocenters. The van der Waals surface area contributed by atoms with Gasteiger partial charge in [-0.1, -0.05) is 6.07 Å². The van der Waals surface area contributed by atoms with Gasteiger partial charge in [-0.15, -0.1) is 0 Å². The highest BCUT2D eigenvalue weighted by Crippen LogP contribution is 2.26. The van der Waals surface area contributed by atoms with E-state index in [9.17, 15) is 8.78 Å². The van der Waals surface area contributed by atoms with Gasteiger partial charge >= 0.3 is 0 Å². The normalized spacial score (nSPS) is 15.2. The molecule has 0 radical (unpaired) electrons. The van der Waals surface area contributed by atoms with Crippen LogP contribution in [0.5, 0.6) is 0 Å². The SMILES string of the molecule is Cc1cc(-c2nc(Nc3ccc(CN4CCN(C(C)C)CC4)cn3)ncc2F)cc(F)c1C. The summed E-state index contributed by atoms with van der Waals surface area (Å²) in [5.74, 6) is -0.230. The summed E-state index contributed by atoms with van der Waals surface area (Å²) in [6.45, 7) is 13.1. The number of anilines is 2. The minimum Gasteiger partial charge on any atom is -0.309 e. The standard InChI is InChI=1S/C25H30F2N6/c1-16(2)33-9-7-32(8-10-33)15-19-5-6-23(28-13-19)30-25-29-14-22(27)24(31-25)20-11-17(3)18(4)21(26)12-20/h5-6,11-14,16H,7-10,15H2,1-4H3,(H,28,29,30,31). The van der Waals surface area contributed by atoms with Crippen LogP contribution in [0.25, 0.3) is 11.3 Å². The molecule has 6 nitrogen and oxygen atoms in total. The molecule has 33 heavy (non-hydrogen) atoms. The van der Waals surface area contributed by atoms with Gasteiger partial charge in [0, 0.05) is 50.5 Å². The minimum atomic E-state index is -0.607. The summed E-state index contributed by atoms with van der Waals surface area (Å²) in [6.07, 6.45) is 2.92. The Hall–Kier alpha value is -2.97. The van der Waals surface area contributed by atoms with Gasteiger partial charge in [-0.25, -0.2) is 23.7 Å². The number of pyridine rings is 1. The molecule has 0 aliphatic carbocycles. The molecule has 1 N–H and O–H groups in total. The lowest BCUT2D eigenvalue weighted by atomic mass is 10.0. The highest BCUT2D eigenvalue weighted by molar-refractivity contribution is 5.63. The maximum atomic E-state index is 14.4. The summed E-state index contributed by atoms with van der Waals surface area (Å²) in [4.78, 5) is 17.7. The van der Waals surface area contributed by atoms with Gasteiger partial charge in [0.05, 0.1) is 6.20 Å². The highest BCUT2D eigenvalue weighted by atomic mass is 19.1. The molecule has 0 saturated carbocycles. The van der Waals surface area contributed by atoms with Crippen LogP contribution < -0.4 is 5.32 Å². The molecule has 2 aromatic heterocycles. The number of piperazine rings is 1. The Morgan fingerprint density at radius 1 is 0.970 bits per heavy atom. The molecule has 1 saturated heterocycles. The quantitative estimate of drug-likeness (QED) is 0.585. The van der Waals surface area contributed by atoms with Crippen molar-refractivity contribution in [2.75, 3.05) is 31.5 Å². The van der Waals surface area contributed by atoms with E-state index in [0.717, 1.165) is 50.0 Å². The molecule has 3 aromatic rings. The van der Waals surface area contributed by atoms with E-state index in [0.29, 0.717) is 23.0 Å². The molecule has 4 rings (SSSR count). The molecule has 1 aliphatic heterocycles. The third kappa shape index (κ3) is 5.51. The van der Waals surface area contributed by atoms with Gasteiger partial charge in [0.2, 0.25) is 5.95 Å². The summed E-state index contributed by atoms with van der Waals surface area (Å²) in [5.41, 5.74) is 2.83. The predicted molar refractivity (Wildman–Crippen MR) is 126 cm³/mol. The maximum Gasteiger partial charge on any atom is 0.229 e. The van der Waals surface area contributed by atoms with E-state index in [1.807, 2.05) is 18.3 Å². The number of nitrogens with zero attached hydrogens (tertiary/aromatic N) is 5. The van der Waals surface area contributed by atoms with Gasteiger partial charge in [0.25, 0.3) is 0 Å². The lowest BCUT2D eigenvalue weighted by Crippen LogP contribution is -2.48. The van der Waals surface area contributed by atoms with Crippen molar-refractivity contribution >= 4 is 11.8 Å². The van der Waals surface area contributed by atoms with E-state index in [4.69, 9.17) is 0 Å².